The fraction of sp³-hybridized carbons (Fsp3) is 0.258. The summed E-state index contributed by atoms with van der Waals surface area (Å²) in [6.07, 6.45) is 0.812. The van der Waals surface area contributed by atoms with Gasteiger partial charge in [-0.15, -0.1) is 0 Å². The zero-order valence-corrected chi connectivity index (χ0v) is 22.6. The summed E-state index contributed by atoms with van der Waals surface area (Å²) >= 11 is 0. The minimum absolute atomic E-state index is 0.193. The van der Waals surface area contributed by atoms with Gasteiger partial charge in [0.2, 0.25) is 5.91 Å². The van der Waals surface area contributed by atoms with Crippen molar-refractivity contribution < 1.29 is 19.1 Å². The average Bonchev–Trinajstić information content (AvgIpc) is 3.40. The Morgan fingerprint density at radius 2 is 1.77 bits per heavy atom. The molecule has 200 valence electrons. The predicted molar refractivity (Wildman–Crippen MR) is 150 cm³/mol. The number of carbonyl (C=O) groups excluding carboxylic acids is 2. The van der Waals surface area contributed by atoms with Crippen molar-refractivity contribution in [2.45, 2.75) is 38.9 Å². The molecule has 0 saturated carbocycles. The molecule has 0 bridgehead atoms. The molecule has 1 aliphatic rings. The van der Waals surface area contributed by atoms with Gasteiger partial charge in [0, 0.05) is 23.4 Å². The number of rotatable bonds is 8. The summed E-state index contributed by atoms with van der Waals surface area (Å²) in [6.45, 7) is 4.31. The number of hydrogen-bond donors (Lipinski definition) is 1. The minimum atomic E-state index is -1.23. The molecule has 3 aromatic carbocycles. The average molecular weight is 525 g/mol. The van der Waals surface area contributed by atoms with Gasteiger partial charge < -0.3 is 14.8 Å². The van der Waals surface area contributed by atoms with Gasteiger partial charge in [-0.05, 0) is 67.4 Å². The van der Waals surface area contributed by atoms with Crippen molar-refractivity contribution in [1.29, 1.82) is 0 Å². The van der Waals surface area contributed by atoms with E-state index in [4.69, 9.17) is 14.6 Å². The summed E-state index contributed by atoms with van der Waals surface area (Å²) < 4.78 is 12.4. The Morgan fingerprint density at radius 1 is 1.00 bits per heavy atom. The first-order valence-corrected chi connectivity index (χ1v) is 12.9. The van der Waals surface area contributed by atoms with Crippen LogP contribution in [0.5, 0.6) is 11.5 Å². The highest BCUT2D eigenvalue weighted by atomic mass is 16.5. The van der Waals surface area contributed by atoms with E-state index in [1.807, 2.05) is 72.8 Å². The van der Waals surface area contributed by atoms with Gasteiger partial charge in [0.05, 0.1) is 26.5 Å². The lowest BCUT2D eigenvalue weighted by Crippen LogP contribution is -2.64. The van der Waals surface area contributed by atoms with E-state index in [1.54, 1.807) is 36.8 Å². The maximum absolute atomic E-state index is 14.1. The van der Waals surface area contributed by atoms with Crippen LogP contribution in [0.2, 0.25) is 0 Å². The molecule has 1 atom stereocenters. The molecule has 0 saturated heterocycles. The molecule has 0 unspecified atom stereocenters. The molecule has 4 aromatic rings. The molecule has 1 aromatic heterocycles. The molecular weight excluding hydrogens is 492 g/mol. The van der Waals surface area contributed by atoms with Crippen LogP contribution < -0.4 is 19.7 Å². The first kappa shape index (κ1) is 26.0. The maximum Gasteiger partial charge on any atom is 0.277 e. The Bertz CT molecular complexity index is 1510. The van der Waals surface area contributed by atoms with Gasteiger partial charge in [-0.3, -0.25) is 19.2 Å². The fourth-order valence-electron chi connectivity index (χ4n) is 5.02. The molecule has 8 nitrogen and oxygen atoms in total. The second kappa shape index (κ2) is 10.6. The van der Waals surface area contributed by atoms with Crippen LogP contribution in [0.15, 0.2) is 78.9 Å². The highest BCUT2D eigenvalue weighted by Crippen LogP contribution is 2.35. The van der Waals surface area contributed by atoms with Gasteiger partial charge in [0.25, 0.3) is 5.91 Å². The van der Waals surface area contributed by atoms with Gasteiger partial charge in [-0.2, -0.15) is 5.10 Å². The zero-order valence-electron chi connectivity index (χ0n) is 22.6. The van der Waals surface area contributed by atoms with E-state index in [0.29, 0.717) is 22.8 Å². The number of aryl methyl sites for hydroxylation is 1. The Labute approximate surface area is 228 Å². The summed E-state index contributed by atoms with van der Waals surface area (Å²) in [5.74, 6) is 0.862. The van der Waals surface area contributed by atoms with Crippen LogP contribution in [-0.4, -0.2) is 41.4 Å². The topological polar surface area (TPSA) is 85.7 Å². The van der Waals surface area contributed by atoms with Crippen LogP contribution in [0.3, 0.4) is 0 Å². The summed E-state index contributed by atoms with van der Waals surface area (Å²) in [5, 5.41) is 7.79. The Morgan fingerprint density at radius 3 is 2.49 bits per heavy atom. The second-order valence-electron chi connectivity index (χ2n) is 9.73. The summed E-state index contributed by atoms with van der Waals surface area (Å²) in [6, 6.07) is 24.6. The third-order valence-electron chi connectivity index (χ3n) is 7.24. The quantitative estimate of drug-likeness (QED) is 0.356. The van der Waals surface area contributed by atoms with Crippen molar-refractivity contribution in [2.24, 2.45) is 0 Å². The number of methoxy groups -OCH3 is 2. The summed E-state index contributed by atoms with van der Waals surface area (Å²) in [5.41, 5.74) is 3.30. The molecule has 1 aliphatic heterocycles. The monoisotopic (exact) mass is 524 g/mol. The molecule has 0 radical (unpaired) electrons. The number of para-hydroxylation sites is 1. The molecule has 0 spiro atoms. The van der Waals surface area contributed by atoms with E-state index in [1.165, 1.54) is 0 Å². The Hall–Kier alpha value is -4.59. The van der Waals surface area contributed by atoms with Crippen molar-refractivity contribution in [3.8, 4) is 22.8 Å². The van der Waals surface area contributed by atoms with E-state index < -0.39 is 5.54 Å². The van der Waals surface area contributed by atoms with Gasteiger partial charge in [-0.25, -0.2) is 0 Å². The number of fused-ring (bicyclic) bond motifs is 1. The summed E-state index contributed by atoms with van der Waals surface area (Å²) in [4.78, 5) is 29.6. The summed E-state index contributed by atoms with van der Waals surface area (Å²) in [7, 11) is 3.22. The molecule has 39 heavy (non-hydrogen) atoms. The molecule has 1 N–H and O–H groups in total. The normalized spacial score (nSPS) is 16.5. The zero-order chi connectivity index (χ0) is 27.6. The van der Waals surface area contributed by atoms with Crippen LogP contribution in [0.25, 0.3) is 11.3 Å². The lowest BCUT2D eigenvalue weighted by Gasteiger charge is -2.43. The van der Waals surface area contributed by atoms with Gasteiger partial charge >= 0.3 is 0 Å². The number of hydrogen-bond acceptors (Lipinski definition) is 5. The number of aromatic nitrogens is 2. The van der Waals surface area contributed by atoms with E-state index in [2.05, 4.69) is 12.2 Å². The third-order valence-corrected chi connectivity index (χ3v) is 7.24. The Balaban J connectivity index is 1.54. The van der Waals surface area contributed by atoms with Crippen LogP contribution in [0.1, 0.15) is 35.5 Å². The third kappa shape index (κ3) is 4.85. The maximum atomic E-state index is 14.1. The molecule has 5 rings (SSSR count). The second-order valence-corrected chi connectivity index (χ2v) is 9.73. The molecule has 8 heteroatoms. The van der Waals surface area contributed by atoms with Crippen molar-refractivity contribution >= 4 is 17.5 Å². The number of benzene rings is 3. The van der Waals surface area contributed by atoms with Crippen LogP contribution in [0, 0.1) is 0 Å². The largest absolute Gasteiger partial charge is 0.497 e. The van der Waals surface area contributed by atoms with Crippen LogP contribution in [0.4, 0.5) is 5.69 Å². The number of amides is 2. The highest BCUT2D eigenvalue weighted by Gasteiger charge is 2.49. The van der Waals surface area contributed by atoms with Gasteiger partial charge in [0.15, 0.2) is 0 Å². The van der Waals surface area contributed by atoms with Crippen molar-refractivity contribution in [2.75, 3.05) is 19.1 Å². The van der Waals surface area contributed by atoms with Gasteiger partial charge in [-0.1, -0.05) is 37.3 Å². The van der Waals surface area contributed by atoms with Crippen molar-refractivity contribution in [3.05, 3.63) is 95.7 Å². The van der Waals surface area contributed by atoms with Crippen molar-refractivity contribution in [3.63, 3.8) is 0 Å². The van der Waals surface area contributed by atoms with Crippen LogP contribution in [-0.2, 0) is 24.3 Å². The van der Waals surface area contributed by atoms with E-state index in [-0.39, 0.29) is 24.9 Å². The molecule has 0 aliphatic carbocycles. The lowest BCUT2D eigenvalue weighted by molar-refractivity contribution is -0.126. The smallest absolute Gasteiger partial charge is 0.277 e. The number of carbonyl (C=O) groups is 2. The first-order chi connectivity index (χ1) is 18.9. The standard InChI is InChI=1S/C31H32N4O4/c1-5-21-9-8-11-24(17-21)35-29(36)27-18-26(22-13-15-25(38-3)16-14-22)33-34(27)20-31(35,2)30(37)32-19-23-10-6-7-12-28(23)39-4/h6-18H,5,19-20H2,1-4H3,(H,32,37)/t31-/m0/s1. The van der Waals surface area contributed by atoms with Crippen molar-refractivity contribution in [1.82, 2.24) is 15.1 Å². The predicted octanol–water partition coefficient (Wildman–Crippen LogP) is 4.87. The highest BCUT2D eigenvalue weighted by molar-refractivity contribution is 6.12. The molecule has 2 heterocycles. The number of nitrogens with one attached hydrogen (secondary N) is 1. The first-order valence-electron chi connectivity index (χ1n) is 12.9. The van der Waals surface area contributed by atoms with E-state index in [0.717, 1.165) is 28.9 Å². The molecular formula is C31H32N4O4. The van der Waals surface area contributed by atoms with Crippen LogP contribution >= 0.6 is 0 Å². The van der Waals surface area contributed by atoms with E-state index >= 15 is 0 Å². The fourth-order valence-corrected chi connectivity index (χ4v) is 5.02. The van der Waals surface area contributed by atoms with Gasteiger partial charge in [0.1, 0.15) is 22.7 Å². The number of anilines is 1. The Kier molecular flexibility index (Phi) is 7.11. The number of nitrogens with zero attached hydrogens (tertiary/aromatic N) is 3. The molecule has 0 fully saturated rings. The SMILES string of the molecule is CCc1cccc(N2C(=O)c3cc(-c4ccc(OC)cc4)nn3C[C@@]2(C)C(=O)NCc2ccccc2OC)c1. The molecule has 2 amide bonds. The lowest BCUT2D eigenvalue weighted by atomic mass is 9.93. The minimum Gasteiger partial charge on any atom is -0.497 e. The number of ether oxygens (including phenoxy) is 2. The van der Waals surface area contributed by atoms with E-state index in [9.17, 15) is 9.59 Å².